The molecule has 2 aromatic rings. The maximum atomic E-state index is 14.5. The van der Waals surface area contributed by atoms with E-state index in [0.29, 0.717) is 24.1 Å². The number of halogens is 1. The maximum absolute atomic E-state index is 14.5. The van der Waals surface area contributed by atoms with Crippen molar-refractivity contribution in [3.63, 3.8) is 0 Å². The summed E-state index contributed by atoms with van der Waals surface area (Å²) in [7, 11) is 2.14. The lowest BCUT2D eigenvalue weighted by atomic mass is 9.98. The molecule has 28 heavy (non-hydrogen) atoms. The number of nitrogens with one attached hydrogen (secondary N) is 1. The van der Waals surface area contributed by atoms with Gasteiger partial charge in [0.1, 0.15) is 5.82 Å². The summed E-state index contributed by atoms with van der Waals surface area (Å²) in [6.07, 6.45) is 4.82. The molecule has 1 amide bonds. The van der Waals surface area contributed by atoms with Gasteiger partial charge in [0.25, 0.3) is 5.91 Å². The van der Waals surface area contributed by atoms with Crippen LogP contribution in [0, 0.1) is 12.7 Å². The molecule has 3 heterocycles. The highest BCUT2D eigenvalue weighted by Gasteiger charge is 2.39. The van der Waals surface area contributed by atoms with E-state index in [0.717, 1.165) is 37.7 Å². The van der Waals surface area contributed by atoms with Crippen molar-refractivity contribution in [3.05, 3.63) is 39.4 Å². The van der Waals surface area contributed by atoms with Gasteiger partial charge < -0.3 is 10.2 Å². The highest BCUT2D eigenvalue weighted by molar-refractivity contribution is 5.96. The van der Waals surface area contributed by atoms with Crippen molar-refractivity contribution >= 4 is 16.8 Å². The minimum atomic E-state index is -0.628. The molecule has 1 aromatic heterocycles. The van der Waals surface area contributed by atoms with Crippen molar-refractivity contribution in [2.24, 2.45) is 0 Å². The molecule has 2 aliphatic heterocycles. The Labute approximate surface area is 163 Å². The topological polar surface area (TPSA) is 67.2 Å². The molecule has 0 aliphatic carbocycles. The zero-order valence-electron chi connectivity index (χ0n) is 16.7. The molecule has 0 saturated carbocycles. The zero-order chi connectivity index (χ0) is 20.0. The first-order valence-corrected chi connectivity index (χ1v) is 10.1. The molecule has 150 valence electrons. The maximum Gasteiger partial charge on any atom is 0.276 e. The van der Waals surface area contributed by atoms with Gasteiger partial charge in [0.2, 0.25) is 5.43 Å². The first-order valence-electron chi connectivity index (χ1n) is 10.1. The Morgan fingerprint density at radius 1 is 1.29 bits per heavy atom. The number of hydrogen-bond acceptors (Lipinski definition) is 4. The van der Waals surface area contributed by atoms with E-state index in [1.165, 1.54) is 6.07 Å². The molecule has 2 fully saturated rings. The van der Waals surface area contributed by atoms with E-state index in [1.807, 2.05) is 13.8 Å². The van der Waals surface area contributed by atoms with Crippen LogP contribution in [0.15, 0.2) is 16.9 Å². The fraction of sp³-hybridized carbons (Fsp3) is 0.571. The highest BCUT2D eigenvalue weighted by atomic mass is 19.1. The van der Waals surface area contributed by atoms with Crippen molar-refractivity contribution in [3.8, 4) is 0 Å². The fourth-order valence-electron chi connectivity index (χ4n) is 4.86. The molecule has 1 N–H and O–H groups in total. The minimum absolute atomic E-state index is 0.0279. The summed E-state index contributed by atoms with van der Waals surface area (Å²) in [6.45, 7) is 4.32. The predicted molar refractivity (Wildman–Crippen MR) is 106 cm³/mol. The molecule has 6 nitrogen and oxygen atoms in total. The van der Waals surface area contributed by atoms with Gasteiger partial charge in [-0.2, -0.15) is 5.10 Å². The second-order valence-electron chi connectivity index (χ2n) is 8.18. The lowest BCUT2D eigenvalue weighted by Gasteiger charge is -2.36. The summed E-state index contributed by atoms with van der Waals surface area (Å²) >= 11 is 0. The lowest BCUT2D eigenvalue weighted by Crippen LogP contribution is -2.49. The van der Waals surface area contributed by atoms with E-state index >= 15 is 0 Å². The fourth-order valence-corrected chi connectivity index (χ4v) is 4.86. The molecule has 3 atom stereocenters. The Balaban J connectivity index is 1.70. The molecule has 2 aliphatic rings. The van der Waals surface area contributed by atoms with Gasteiger partial charge in [-0.1, -0.05) is 13.0 Å². The van der Waals surface area contributed by atoms with Crippen LogP contribution < -0.4 is 10.7 Å². The summed E-state index contributed by atoms with van der Waals surface area (Å²) in [5, 5.41) is 7.30. The molecule has 4 rings (SSSR count). The number of carbonyl (C=O) groups excluding carboxylic acids is 1. The normalized spacial score (nSPS) is 24.6. The zero-order valence-corrected chi connectivity index (χ0v) is 16.7. The number of rotatable bonds is 4. The quantitative estimate of drug-likeness (QED) is 0.877. The number of hydrogen-bond donors (Lipinski definition) is 1. The Morgan fingerprint density at radius 3 is 2.61 bits per heavy atom. The Bertz CT molecular complexity index is 973. The second kappa shape index (κ2) is 7.28. The molecule has 0 radical (unpaired) electrons. The van der Waals surface area contributed by atoms with Crippen LogP contribution >= 0.6 is 0 Å². The van der Waals surface area contributed by atoms with Crippen LogP contribution in [-0.2, 0) is 6.54 Å². The van der Waals surface area contributed by atoms with Gasteiger partial charge in [-0.3, -0.25) is 14.3 Å². The summed E-state index contributed by atoms with van der Waals surface area (Å²) in [5.41, 5.74) is 0.405. The van der Waals surface area contributed by atoms with Crippen LogP contribution in [-0.4, -0.2) is 45.8 Å². The second-order valence-corrected chi connectivity index (χ2v) is 8.18. The van der Waals surface area contributed by atoms with Crippen molar-refractivity contribution in [1.29, 1.82) is 0 Å². The molecule has 0 spiro atoms. The van der Waals surface area contributed by atoms with Crippen LogP contribution in [0.2, 0.25) is 0 Å². The molecule has 7 heteroatoms. The highest BCUT2D eigenvalue weighted by Crippen LogP contribution is 2.34. The molecular weight excluding hydrogens is 359 g/mol. The van der Waals surface area contributed by atoms with Crippen molar-refractivity contribution in [2.45, 2.75) is 70.6 Å². The van der Waals surface area contributed by atoms with Crippen LogP contribution in [0.5, 0.6) is 0 Å². The van der Waals surface area contributed by atoms with Gasteiger partial charge in [0, 0.05) is 24.7 Å². The first-order chi connectivity index (χ1) is 13.4. The first kappa shape index (κ1) is 19.1. The van der Waals surface area contributed by atoms with Gasteiger partial charge in [-0.25, -0.2) is 4.39 Å². The Morgan fingerprint density at radius 2 is 1.96 bits per heavy atom. The van der Waals surface area contributed by atoms with Gasteiger partial charge >= 0.3 is 0 Å². The standard InChI is InChI=1S/C21H27FN4O2/c1-4-9-26-19-12(2)5-8-16(22)17(19)20(27)18(24-26)21(28)23-13-10-14-6-7-15(11-13)25(14)3/h5,8,13-15H,4,6-7,9-11H2,1-3H3,(H,23,28)/t13?,14-,15+. The van der Waals surface area contributed by atoms with E-state index in [2.05, 4.69) is 22.4 Å². The summed E-state index contributed by atoms with van der Waals surface area (Å²) in [5.74, 6) is -1.10. The monoisotopic (exact) mass is 386 g/mol. The van der Waals surface area contributed by atoms with Crippen LogP contribution in [0.3, 0.4) is 0 Å². The third-order valence-electron chi connectivity index (χ3n) is 6.33. The van der Waals surface area contributed by atoms with Gasteiger partial charge in [-0.15, -0.1) is 0 Å². The Hall–Kier alpha value is -2.28. The molecule has 2 saturated heterocycles. The number of aromatic nitrogens is 2. The largest absolute Gasteiger partial charge is 0.348 e. The van der Waals surface area contributed by atoms with Crippen molar-refractivity contribution in [1.82, 2.24) is 20.0 Å². The van der Waals surface area contributed by atoms with Crippen LogP contribution in [0.1, 0.15) is 55.1 Å². The number of carbonyl (C=O) groups is 1. The van der Waals surface area contributed by atoms with Gasteiger partial charge in [0.15, 0.2) is 5.69 Å². The number of fused-ring (bicyclic) bond motifs is 3. The number of benzene rings is 1. The number of aryl methyl sites for hydroxylation is 2. The van der Waals surface area contributed by atoms with E-state index in [9.17, 15) is 14.0 Å². The molecule has 1 aromatic carbocycles. The number of amides is 1. The van der Waals surface area contributed by atoms with Gasteiger partial charge in [0.05, 0.1) is 10.9 Å². The third-order valence-corrected chi connectivity index (χ3v) is 6.33. The average Bonchev–Trinajstić information content (AvgIpc) is 2.87. The average molecular weight is 386 g/mol. The van der Waals surface area contributed by atoms with E-state index < -0.39 is 17.2 Å². The van der Waals surface area contributed by atoms with Gasteiger partial charge in [-0.05, 0) is 57.7 Å². The van der Waals surface area contributed by atoms with Crippen LogP contribution in [0.25, 0.3) is 10.9 Å². The third kappa shape index (κ3) is 3.11. The number of piperidine rings is 1. The predicted octanol–water partition coefficient (Wildman–Crippen LogP) is 2.61. The summed E-state index contributed by atoms with van der Waals surface area (Å²) in [4.78, 5) is 28.3. The Kier molecular flexibility index (Phi) is 4.95. The van der Waals surface area contributed by atoms with E-state index in [4.69, 9.17) is 0 Å². The minimum Gasteiger partial charge on any atom is -0.348 e. The summed E-state index contributed by atoms with van der Waals surface area (Å²) < 4.78 is 16.1. The molecular formula is C21H27FN4O2. The van der Waals surface area contributed by atoms with E-state index in [1.54, 1.807) is 10.7 Å². The lowest BCUT2D eigenvalue weighted by molar-refractivity contribution is 0.0874. The smallest absolute Gasteiger partial charge is 0.276 e. The molecule has 2 bridgehead atoms. The summed E-state index contributed by atoms with van der Waals surface area (Å²) in [6, 6.07) is 3.90. The van der Waals surface area contributed by atoms with Crippen LogP contribution in [0.4, 0.5) is 4.39 Å². The van der Waals surface area contributed by atoms with Crippen molar-refractivity contribution in [2.75, 3.05) is 7.05 Å². The number of nitrogens with zero attached hydrogens (tertiary/aromatic N) is 3. The molecule has 1 unspecified atom stereocenters. The SMILES string of the molecule is CCCn1nc(C(=O)NC2C[C@H]3CC[C@@H](C2)N3C)c(=O)c2c(F)ccc(C)c21. The van der Waals surface area contributed by atoms with E-state index in [-0.39, 0.29) is 17.1 Å². The van der Waals surface area contributed by atoms with Crippen molar-refractivity contribution < 1.29 is 9.18 Å².